The van der Waals surface area contributed by atoms with E-state index < -0.39 is 28.5 Å². The van der Waals surface area contributed by atoms with Crippen LogP contribution in [0.3, 0.4) is 0 Å². The van der Waals surface area contributed by atoms with Crippen molar-refractivity contribution in [1.82, 2.24) is 10.2 Å². The number of nitrogens with one attached hydrogen (secondary N) is 1. The van der Waals surface area contributed by atoms with E-state index in [0.717, 1.165) is 20.3 Å². The molecule has 0 aliphatic heterocycles. The van der Waals surface area contributed by atoms with Crippen molar-refractivity contribution in [1.29, 1.82) is 0 Å². The number of amides is 2. The summed E-state index contributed by atoms with van der Waals surface area (Å²) in [5.74, 6) is -0.213. The lowest BCUT2D eigenvalue weighted by Crippen LogP contribution is -2.51. The lowest BCUT2D eigenvalue weighted by atomic mass is 10.1. The van der Waals surface area contributed by atoms with Crippen molar-refractivity contribution in [2.75, 3.05) is 31.3 Å². The highest BCUT2D eigenvalue weighted by atomic mass is 32.2. The van der Waals surface area contributed by atoms with Gasteiger partial charge in [0, 0.05) is 18.5 Å². The SMILES string of the molecule is CC[C@H](C(=O)NC)N(Cc1cccc(OC)c1)C(=O)CN(c1ccc(C)cc1)S(=O)(=O)c1ccc(SC)cc1. The van der Waals surface area contributed by atoms with Crippen LogP contribution < -0.4 is 14.4 Å². The number of nitrogens with zero attached hydrogens (tertiary/aromatic N) is 2. The third-order valence-corrected chi connectivity index (χ3v) is 8.90. The van der Waals surface area contributed by atoms with Crippen molar-refractivity contribution in [3.63, 3.8) is 0 Å². The maximum Gasteiger partial charge on any atom is 0.264 e. The zero-order chi connectivity index (χ0) is 28.6. The Morgan fingerprint density at radius 2 is 1.69 bits per heavy atom. The molecule has 208 valence electrons. The van der Waals surface area contributed by atoms with Crippen molar-refractivity contribution >= 4 is 39.3 Å². The van der Waals surface area contributed by atoms with Gasteiger partial charge in [-0.15, -0.1) is 11.8 Å². The first-order valence-corrected chi connectivity index (χ1v) is 15.2. The Hall–Kier alpha value is -3.50. The van der Waals surface area contributed by atoms with Crippen LogP contribution in [-0.4, -0.2) is 58.1 Å². The third-order valence-electron chi connectivity index (χ3n) is 6.37. The zero-order valence-electron chi connectivity index (χ0n) is 22.9. The number of hydrogen-bond donors (Lipinski definition) is 1. The normalized spacial score (nSPS) is 11.9. The molecule has 0 saturated heterocycles. The molecular formula is C29H35N3O5S2. The van der Waals surface area contributed by atoms with Gasteiger partial charge in [0.15, 0.2) is 0 Å². The Kier molecular flexibility index (Phi) is 10.4. The number of aryl methyl sites for hydroxylation is 1. The lowest BCUT2D eigenvalue weighted by Gasteiger charge is -2.33. The Morgan fingerprint density at radius 1 is 1.03 bits per heavy atom. The van der Waals surface area contributed by atoms with Crippen LogP contribution >= 0.6 is 11.8 Å². The topological polar surface area (TPSA) is 96.0 Å². The summed E-state index contributed by atoms with van der Waals surface area (Å²) in [4.78, 5) is 29.2. The van der Waals surface area contributed by atoms with Crippen LogP contribution in [0.4, 0.5) is 5.69 Å². The molecule has 0 bridgehead atoms. The predicted octanol–water partition coefficient (Wildman–Crippen LogP) is 4.47. The van der Waals surface area contributed by atoms with Crippen LogP contribution in [0.2, 0.25) is 0 Å². The molecule has 0 aliphatic carbocycles. The molecule has 1 atom stereocenters. The lowest BCUT2D eigenvalue weighted by molar-refractivity contribution is -0.140. The molecular weight excluding hydrogens is 534 g/mol. The van der Waals surface area contributed by atoms with Gasteiger partial charge in [0.05, 0.1) is 17.7 Å². The van der Waals surface area contributed by atoms with Crippen LogP contribution in [0.15, 0.2) is 82.6 Å². The molecule has 3 rings (SSSR count). The molecule has 0 heterocycles. The monoisotopic (exact) mass is 569 g/mol. The van der Waals surface area contributed by atoms with E-state index in [1.807, 2.05) is 26.2 Å². The molecule has 3 aromatic rings. The summed E-state index contributed by atoms with van der Waals surface area (Å²) in [6.07, 6.45) is 2.26. The van der Waals surface area contributed by atoms with Gasteiger partial charge < -0.3 is 15.0 Å². The molecule has 1 N–H and O–H groups in total. The molecule has 0 radical (unpaired) electrons. The summed E-state index contributed by atoms with van der Waals surface area (Å²) < 4.78 is 34.2. The van der Waals surface area contributed by atoms with Crippen molar-refractivity contribution < 1.29 is 22.7 Å². The molecule has 0 spiro atoms. The van der Waals surface area contributed by atoms with Crippen molar-refractivity contribution in [3.05, 3.63) is 83.9 Å². The van der Waals surface area contributed by atoms with E-state index in [9.17, 15) is 18.0 Å². The maximum atomic E-state index is 14.0. The Labute approximate surface area is 235 Å². The number of methoxy groups -OCH3 is 1. The highest BCUT2D eigenvalue weighted by Gasteiger charge is 2.33. The Morgan fingerprint density at radius 3 is 2.26 bits per heavy atom. The number of ether oxygens (including phenoxy) is 1. The van der Waals surface area contributed by atoms with Crippen LogP contribution in [0.5, 0.6) is 5.75 Å². The fraction of sp³-hybridized carbons (Fsp3) is 0.310. The smallest absolute Gasteiger partial charge is 0.264 e. The quantitative estimate of drug-likeness (QED) is 0.323. The number of rotatable bonds is 12. The molecule has 3 aromatic carbocycles. The number of benzene rings is 3. The average Bonchev–Trinajstić information content (AvgIpc) is 2.96. The zero-order valence-corrected chi connectivity index (χ0v) is 24.5. The molecule has 39 heavy (non-hydrogen) atoms. The van der Waals surface area contributed by atoms with E-state index in [0.29, 0.717) is 17.9 Å². The van der Waals surface area contributed by atoms with Gasteiger partial charge in [-0.05, 0) is 73.7 Å². The minimum absolute atomic E-state index is 0.0753. The predicted molar refractivity (Wildman–Crippen MR) is 156 cm³/mol. The number of carbonyl (C=O) groups excluding carboxylic acids is 2. The number of likely N-dealkylation sites (N-methyl/N-ethyl adjacent to an activating group) is 1. The number of anilines is 1. The standard InChI is InChI=1S/C29H35N3O5S2/c1-6-27(29(34)30-3)31(19-22-8-7-9-24(18-22)37-4)28(33)20-32(23-12-10-21(2)11-13-23)39(35,36)26-16-14-25(38-5)15-17-26/h7-18,27H,6,19-20H2,1-5H3,(H,30,34)/t27-/m1/s1. The molecule has 0 saturated carbocycles. The van der Waals surface area contributed by atoms with Crippen LogP contribution in [-0.2, 0) is 26.2 Å². The second kappa shape index (κ2) is 13.5. The number of thioether (sulfide) groups is 1. The second-order valence-electron chi connectivity index (χ2n) is 8.93. The molecule has 0 fully saturated rings. The van der Waals surface area contributed by atoms with Gasteiger partial charge in [0.25, 0.3) is 10.0 Å². The first kappa shape index (κ1) is 30.0. The minimum atomic E-state index is -4.11. The minimum Gasteiger partial charge on any atom is -0.497 e. The van der Waals surface area contributed by atoms with Crippen molar-refractivity contribution in [2.45, 2.75) is 42.6 Å². The number of sulfonamides is 1. The van der Waals surface area contributed by atoms with Gasteiger partial charge in [-0.3, -0.25) is 13.9 Å². The molecule has 0 aromatic heterocycles. The summed E-state index contributed by atoms with van der Waals surface area (Å²) >= 11 is 1.51. The van der Waals surface area contributed by atoms with Gasteiger partial charge in [0.1, 0.15) is 18.3 Å². The van der Waals surface area contributed by atoms with Crippen LogP contribution in [0.1, 0.15) is 24.5 Å². The summed E-state index contributed by atoms with van der Waals surface area (Å²) in [7, 11) is -1.04. The molecule has 10 heteroatoms. The second-order valence-corrected chi connectivity index (χ2v) is 11.7. The molecule has 0 aliphatic rings. The van der Waals surface area contributed by atoms with E-state index in [-0.39, 0.29) is 17.3 Å². The summed E-state index contributed by atoms with van der Waals surface area (Å²) in [6, 6.07) is 19.9. The molecule has 2 amide bonds. The summed E-state index contributed by atoms with van der Waals surface area (Å²) in [5.41, 5.74) is 2.07. The van der Waals surface area contributed by atoms with Crippen LogP contribution in [0.25, 0.3) is 0 Å². The van der Waals surface area contributed by atoms with Crippen molar-refractivity contribution in [3.8, 4) is 5.75 Å². The maximum absolute atomic E-state index is 14.0. The largest absolute Gasteiger partial charge is 0.497 e. The fourth-order valence-corrected chi connectivity index (χ4v) is 5.99. The van der Waals surface area contributed by atoms with Crippen LogP contribution in [0, 0.1) is 6.92 Å². The Bertz CT molecular complexity index is 1380. The molecule has 0 unspecified atom stereocenters. The van der Waals surface area contributed by atoms with E-state index >= 15 is 0 Å². The van der Waals surface area contributed by atoms with E-state index in [1.54, 1.807) is 73.8 Å². The molecule has 8 nitrogen and oxygen atoms in total. The highest BCUT2D eigenvalue weighted by molar-refractivity contribution is 7.98. The highest BCUT2D eigenvalue weighted by Crippen LogP contribution is 2.27. The first-order chi connectivity index (χ1) is 18.6. The van der Waals surface area contributed by atoms with Gasteiger partial charge in [-0.25, -0.2) is 8.42 Å². The van der Waals surface area contributed by atoms with Gasteiger partial charge in [0.2, 0.25) is 11.8 Å². The number of hydrogen-bond acceptors (Lipinski definition) is 6. The van der Waals surface area contributed by atoms with Gasteiger partial charge in [-0.2, -0.15) is 0 Å². The van der Waals surface area contributed by atoms with Gasteiger partial charge in [-0.1, -0.05) is 36.8 Å². The fourth-order valence-electron chi connectivity index (χ4n) is 4.17. The van der Waals surface area contributed by atoms with E-state index in [2.05, 4.69) is 5.32 Å². The number of carbonyl (C=O) groups is 2. The third kappa shape index (κ3) is 7.33. The van der Waals surface area contributed by atoms with E-state index in [1.165, 1.54) is 23.7 Å². The average molecular weight is 570 g/mol. The van der Waals surface area contributed by atoms with Gasteiger partial charge >= 0.3 is 0 Å². The van der Waals surface area contributed by atoms with E-state index in [4.69, 9.17) is 4.74 Å². The summed E-state index contributed by atoms with van der Waals surface area (Å²) in [5, 5.41) is 2.63. The first-order valence-electron chi connectivity index (χ1n) is 12.5. The Balaban J connectivity index is 2.05. The summed E-state index contributed by atoms with van der Waals surface area (Å²) in [6.45, 7) is 3.34. The van der Waals surface area contributed by atoms with Crippen molar-refractivity contribution in [2.24, 2.45) is 0 Å².